The van der Waals surface area contributed by atoms with E-state index in [2.05, 4.69) is 11.6 Å². The van der Waals surface area contributed by atoms with Crippen LogP contribution in [0, 0.1) is 10.8 Å². The Bertz CT molecular complexity index is 948. The van der Waals surface area contributed by atoms with Gasteiger partial charge in [0.2, 0.25) is 0 Å². The fourth-order valence-corrected chi connectivity index (χ4v) is 7.39. The van der Waals surface area contributed by atoms with E-state index in [1.807, 2.05) is 27.7 Å². The summed E-state index contributed by atoms with van der Waals surface area (Å²) >= 11 is 1.36. The van der Waals surface area contributed by atoms with Crippen molar-refractivity contribution in [3.63, 3.8) is 0 Å². The van der Waals surface area contributed by atoms with Gasteiger partial charge in [0.1, 0.15) is 22.5 Å². The first-order valence-electron chi connectivity index (χ1n) is 12.8. The van der Waals surface area contributed by atoms with Gasteiger partial charge in [-0.25, -0.2) is 4.98 Å². The highest BCUT2D eigenvalue weighted by Crippen LogP contribution is 2.55. The number of carbonyl (C=O) groups is 1. The molecule has 1 aliphatic heterocycles. The van der Waals surface area contributed by atoms with Gasteiger partial charge in [-0.2, -0.15) is 8.78 Å². The predicted octanol–water partition coefficient (Wildman–Crippen LogP) is 5.49. The summed E-state index contributed by atoms with van der Waals surface area (Å²) in [4.78, 5) is 19.8. The molecule has 2 heterocycles. The smallest absolute Gasteiger partial charge is 0.352 e. The van der Waals surface area contributed by atoms with Crippen molar-refractivity contribution >= 4 is 17.2 Å². The monoisotopic (exact) mass is 544 g/mol. The highest BCUT2D eigenvalue weighted by Gasteiger charge is 2.65. The van der Waals surface area contributed by atoms with Crippen molar-refractivity contribution < 1.29 is 32.9 Å². The average molecular weight is 545 g/mol. The maximum absolute atomic E-state index is 15.8. The van der Waals surface area contributed by atoms with E-state index in [0.29, 0.717) is 49.7 Å². The number of carbonyl (C=O) groups excluding carboxylic acids is 1. The van der Waals surface area contributed by atoms with Crippen molar-refractivity contribution in [2.45, 2.75) is 96.5 Å². The number of thiazole rings is 1. The summed E-state index contributed by atoms with van der Waals surface area (Å²) in [5.74, 6) is -4.67. The summed E-state index contributed by atoms with van der Waals surface area (Å²) in [6.07, 6.45) is 3.59. The quantitative estimate of drug-likeness (QED) is 0.293. The number of amides is 1. The first-order valence-corrected chi connectivity index (χ1v) is 13.7. The van der Waals surface area contributed by atoms with Gasteiger partial charge in [0.15, 0.2) is 0 Å². The van der Waals surface area contributed by atoms with Crippen molar-refractivity contribution in [3.8, 4) is 0 Å². The number of alkyl halides is 2. The fraction of sp³-hybridized carbons (Fsp3) is 0.778. The van der Waals surface area contributed by atoms with Crippen molar-refractivity contribution in [3.05, 3.63) is 28.4 Å². The Labute approximate surface area is 223 Å². The Morgan fingerprint density at radius 2 is 1.92 bits per heavy atom. The summed E-state index contributed by atoms with van der Waals surface area (Å²) in [5.41, 5.74) is -3.40. The zero-order chi connectivity index (χ0) is 27.6. The minimum atomic E-state index is -3.89. The van der Waals surface area contributed by atoms with Crippen LogP contribution in [0.4, 0.5) is 8.78 Å². The number of hydrogen-bond donors (Lipinski definition) is 1. The maximum Gasteiger partial charge on any atom is 0.352 e. The number of nitrogens with zero attached hydrogens (tertiary/aromatic N) is 2. The van der Waals surface area contributed by atoms with Crippen LogP contribution in [0.3, 0.4) is 0 Å². The summed E-state index contributed by atoms with van der Waals surface area (Å²) in [6, 6.07) is -0.534. The molecule has 10 heteroatoms. The lowest BCUT2D eigenvalue weighted by molar-refractivity contribution is -0.231. The number of rotatable bonds is 11. The molecule has 0 aromatic carbocycles. The van der Waals surface area contributed by atoms with Crippen molar-refractivity contribution in [2.75, 3.05) is 27.4 Å². The molecule has 2 atom stereocenters. The molecule has 1 aliphatic carbocycles. The van der Waals surface area contributed by atoms with E-state index in [4.69, 9.17) is 14.2 Å². The van der Waals surface area contributed by atoms with E-state index >= 15 is 8.78 Å². The van der Waals surface area contributed by atoms with Gasteiger partial charge in [0.05, 0.1) is 24.6 Å². The Morgan fingerprint density at radius 3 is 2.51 bits per heavy atom. The van der Waals surface area contributed by atoms with E-state index in [-0.39, 0.29) is 25.5 Å². The molecule has 37 heavy (non-hydrogen) atoms. The van der Waals surface area contributed by atoms with Gasteiger partial charge in [0.25, 0.3) is 5.91 Å². The molecule has 1 unspecified atom stereocenters. The van der Waals surface area contributed by atoms with Crippen LogP contribution in [-0.2, 0) is 25.6 Å². The van der Waals surface area contributed by atoms with E-state index in [9.17, 15) is 9.90 Å². The molecule has 0 spiro atoms. The van der Waals surface area contributed by atoms with Crippen LogP contribution in [0.25, 0.3) is 0 Å². The van der Waals surface area contributed by atoms with Gasteiger partial charge in [0, 0.05) is 32.9 Å². The van der Waals surface area contributed by atoms with Gasteiger partial charge in [-0.1, -0.05) is 34.3 Å². The van der Waals surface area contributed by atoms with Crippen LogP contribution in [0.5, 0.6) is 0 Å². The number of methoxy groups -OCH3 is 2. The molecule has 1 amide bonds. The molecule has 1 saturated carbocycles. The van der Waals surface area contributed by atoms with Crippen molar-refractivity contribution in [1.29, 1.82) is 0 Å². The van der Waals surface area contributed by atoms with Crippen LogP contribution in [0.15, 0.2) is 18.5 Å². The lowest BCUT2D eigenvalue weighted by Crippen LogP contribution is -2.62. The molecule has 3 rings (SSSR count). The number of hydrogen-bond acceptors (Lipinski definition) is 7. The summed E-state index contributed by atoms with van der Waals surface area (Å²) in [5, 5.41) is 11.9. The molecule has 0 bridgehead atoms. The minimum absolute atomic E-state index is 0.124. The molecule has 1 aromatic rings. The highest BCUT2D eigenvalue weighted by molar-refractivity contribution is 7.11. The maximum atomic E-state index is 15.8. The van der Waals surface area contributed by atoms with E-state index < -0.39 is 34.3 Å². The third kappa shape index (κ3) is 6.69. The molecule has 0 radical (unpaired) electrons. The van der Waals surface area contributed by atoms with E-state index in [1.165, 1.54) is 23.3 Å². The molecule has 2 fully saturated rings. The second-order valence-corrected chi connectivity index (χ2v) is 13.2. The van der Waals surface area contributed by atoms with E-state index in [0.717, 1.165) is 4.88 Å². The second-order valence-electron chi connectivity index (χ2n) is 12.0. The van der Waals surface area contributed by atoms with Crippen LogP contribution in [0.1, 0.15) is 82.1 Å². The van der Waals surface area contributed by atoms with Gasteiger partial charge in [-0.3, -0.25) is 4.79 Å². The highest BCUT2D eigenvalue weighted by atomic mass is 32.1. The third-order valence-electron chi connectivity index (χ3n) is 7.40. The number of aliphatic hydroxyl groups is 1. The number of likely N-dealkylation sites (tertiary alicyclic amines) is 1. The van der Waals surface area contributed by atoms with Crippen LogP contribution >= 0.6 is 11.3 Å². The topological polar surface area (TPSA) is 81.1 Å². The lowest BCUT2D eigenvalue weighted by atomic mass is 9.58. The standard InChI is InChI=1S/C27H42F2N2O5S/c1-18(34-6)21(35-7)10-12-36-14-19-13-30-22(37-19)20-9-8-11-31(20)23(32)27(28,29)26(33)16-24(2,3)15-25(4,5)17-26/h13,20-21,33H,1,8-12,14-17H2,2-7H3/t20-,21?/m0/s1. The fourth-order valence-electron chi connectivity index (χ4n) is 6.38. The molecular formula is C27H42F2N2O5S. The van der Waals surface area contributed by atoms with Gasteiger partial charge < -0.3 is 24.2 Å². The number of ether oxygens (including phenoxy) is 3. The summed E-state index contributed by atoms with van der Waals surface area (Å²) in [7, 11) is 3.12. The van der Waals surface area contributed by atoms with Crippen molar-refractivity contribution in [2.24, 2.45) is 10.8 Å². The number of aromatic nitrogens is 1. The number of halogens is 2. The molecule has 1 saturated heterocycles. The largest absolute Gasteiger partial charge is 0.499 e. The first-order chi connectivity index (χ1) is 17.1. The van der Waals surface area contributed by atoms with Gasteiger partial charge in [-0.15, -0.1) is 11.3 Å². The molecule has 2 aliphatic rings. The molecular weight excluding hydrogens is 502 g/mol. The van der Waals surface area contributed by atoms with Gasteiger partial charge in [-0.05, 0) is 42.9 Å². The molecule has 210 valence electrons. The molecule has 1 aromatic heterocycles. The average Bonchev–Trinajstić information content (AvgIpc) is 3.45. The summed E-state index contributed by atoms with van der Waals surface area (Å²) < 4.78 is 47.8. The normalized spacial score (nSPS) is 23.6. The zero-order valence-corrected chi connectivity index (χ0v) is 23.8. The Kier molecular flexibility index (Phi) is 9.09. The minimum Gasteiger partial charge on any atom is -0.499 e. The van der Waals surface area contributed by atoms with Gasteiger partial charge >= 0.3 is 5.92 Å². The van der Waals surface area contributed by atoms with Crippen LogP contribution in [0.2, 0.25) is 0 Å². The zero-order valence-electron chi connectivity index (χ0n) is 22.9. The predicted molar refractivity (Wildman–Crippen MR) is 138 cm³/mol. The SMILES string of the molecule is C=C(OC)C(CCOCc1cnc([C@@H]2CCCN2C(=O)C(F)(F)C2(O)CC(C)(C)CC(C)(C)C2)s1)OC. The van der Waals surface area contributed by atoms with Crippen molar-refractivity contribution in [1.82, 2.24) is 9.88 Å². The lowest BCUT2D eigenvalue weighted by Gasteiger charge is -2.51. The second kappa shape index (κ2) is 11.2. The Hall–Kier alpha value is -1.62. The van der Waals surface area contributed by atoms with E-state index in [1.54, 1.807) is 13.3 Å². The Morgan fingerprint density at radius 1 is 1.27 bits per heavy atom. The first kappa shape index (κ1) is 29.9. The molecule has 1 N–H and O–H groups in total. The van der Waals surface area contributed by atoms with Crippen LogP contribution < -0.4 is 0 Å². The molecule has 7 nitrogen and oxygen atoms in total. The third-order valence-corrected chi connectivity index (χ3v) is 8.47. The van der Waals surface area contributed by atoms with Crippen LogP contribution in [-0.4, -0.2) is 65.9 Å². The summed E-state index contributed by atoms with van der Waals surface area (Å²) in [6.45, 7) is 12.3. The Balaban J connectivity index is 1.66.